The number of hydrogen-bond acceptors (Lipinski definition) is 3. The molecule has 0 radical (unpaired) electrons. The molecule has 1 heterocycles. The Hall–Kier alpha value is -1.08. The standard InChI is InChI=1S/C7H11F3N4/c1-14-6(2-3-12-14)5(13-11)4-7(8,9)10/h2-3,5,13H,4,11H2,1H3. The molecule has 1 aromatic heterocycles. The largest absolute Gasteiger partial charge is 0.391 e. The Bertz CT molecular complexity index is 293. The van der Waals surface area contributed by atoms with Crippen LogP contribution in [0.4, 0.5) is 13.2 Å². The molecule has 0 amide bonds. The molecule has 0 fully saturated rings. The highest BCUT2D eigenvalue weighted by Crippen LogP contribution is 2.28. The summed E-state index contributed by atoms with van der Waals surface area (Å²) in [4.78, 5) is 0. The summed E-state index contributed by atoms with van der Waals surface area (Å²) in [5.41, 5.74) is 2.53. The summed E-state index contributed by atoms with van der Waals surface area (Å²) in [5, 5.41) is 3.77. The van der Waals surface area contributed by atoms with Crippen molar-refractivity contribution in [3.63, 3.8) is 0 Å². The number of aryl methyl sites for hydroxylation is 1. The molecule has 0 spiro atoms. The highest BCUT2D eigenvalue weighted by atomic mass is 19.4. The van der Waals surface area contributed by atoms with Crippen molar-refractivity contribution >= 4 is 0 Å². The molecule has 0 bridgehead atoms. The van der Waals surface area contributed by atoms with Gasteiger partial charge in [0.25, 0.3) is 0 Å². The van der Waals surface area contributed by atoms with E-state index in [1.807, 2.05) is 0 Å². The average Bonchev–Trinajstić information content (AvgIpc) is 2.45. The third-order valence-corrected chi connectivity index (χ3v) is 1.85. The van der Waals surface area contributed by atoms with Crippen molar-refractivity contribution in [1.82, 2.24) is 15.2 Å². The second kappa shape index (κ2) is 3.97. The van der Waals surface area contributed by atoms with Crippen LogP contribution in [0.15, 0.2) is 12.3 Å². The van der Waals surface area contributed by atoms with Gasteiger partial charge in [-0.1, -0.05) is 0 Å². The molecule has 1 unspecified atom stereocenters. The first-order valence-corrected chi connectivity index (χ1v) is 3.95. The van der Waals surface area contributed by atoms with Gasteiger partial charge in [0, 0.05) is 13.2 Å². The van der Waals surface area contributed by atoms with Crippen LogP contribution in [0.1, 0.15) is 18.2 Å². The maximum absolute atomic E-state index is 12.1. The molecular weight excluding hydrogens is 197 g/mol. The van der Waals surface area contributed by atoms with Gasteiger partial charge in [0.2, 0.25) is 0 Å². The van der Waals surface area contributed by atoms with E-state index in [9.17, 15) is 13.2 Å². The highest BCUT2D eigenvalue weighted by molar-refractivity contribution is 5.06. The fourth-order valence-electron chi connectivity index (χ4n) is 1.21. The maximum atomic E-state index is 12.1. The molecule has 1 rings (SSSR count). The van der Waals surface area contributed by atoms with Crippen molar-refractivity contribution in [3.8, 4) is 0 Å². The number of halogens is 3. The van der Waals surface area contributed by atoms with Crippen LogP contribution in [-0.4, -0.2) is 16.0 Å². The van der Waals surface area contributed by atoms with Gasteiger partial charge in [0.15, 0.2) is 0 Å². The van der Waals surface area contributed by atoms with Crippen molar-refractivity contribution in [2.24, 2.45) is 12.9 Å². The summed E-state index contributed by atoms with van der Waals surface area (Å²) in [6, 6.07) is 0.540. The number of nitrogens with two attached hydrogens (primary N) is 1. The number of hydrogen-bond donors (Lipinski definition) is 2. The van der Waals surface area contributed by atoms with Gasteiger partial charge in [0.05, 0.1) is 18.2 Å². The molecule has 0 aliphatic carbocycles. The summed E-state index contributed by atoms with van der Waals surface area (Å²) in [7, 11) is 1.57. The SMILES string of the molecule is Cn1nccc1C(CC(F)(F)F)NN. The Labute approximate surface area is 78.9 Å². The first kappa shape index (κ1) is 11.0. The molecule has 4 nitrogen and oxygen atoms in total. The third kappa shape index (κ3) is 2.71. The predicted molar refractivity (Wildman–Crippen MR) is 43.9 cm³/mol. The smallest absolute Gasteiger partial charge is 0.271 e. The number of rotatable bonds is 3. The minimum Gasteiger partial charge on any atom is -0.271 e. The normalized spacial score (nSPS) is 14.4. The molecule has 0 aliphatic heterocycles. The van der Waals surface area contributed by atoms with Gasteiger partial charge in [-0.3, -0.25) is 16.0 Å². The van der Waals surface area contributed by atoms with Crippen molar-refractivity contribution in [2.45, 2.75) is 18.6 Å². The quantitative estimate of drug-likeness (QED) is 0.572. The van der Waals surface area contributed by atoms with Gasteiger partial charge in [-0.25, -0.2) is 0 Å². The topological polar surface area (TPSA) is 55.9 Å². The second-order valence-electron chi connectivity index (χ2n) is 2.92. The van der Waals surface area contributed by atoms with E-state index >= 15 is 0 Å². The van der Waals surface area contributed by atoms with E-state index < -0.39 is 18.6 Å². The maximum Gasteiger partial charge on any atom is 0.391 e. The van der Waals surface area contributed by atoms with Crippen molar-refractivity contribution in [1.29, 1.82) is 0 Å². The van der Waals surface area contributed by atoms with Gasteiger partial charge in [-0.2, -0.15) is 18.3 Å². The van der Waals surface area contributed by atoms with E-state index in [4.69, 9.17) is 5.84 Å². The van der Waals surface area contributed by atoms with Crippen molar-refractivity contribution in [3.05, 3.63) is 18.0 Å². The summed E-state index contributed by atoms with van der Waals surface area (Å²) in [6.07, 6.45) is -3.83. The fourth-order valence-corrected chi connectivity index (χ4v) is 1.21. The lowest BCUT2D eigenvalue weighted by atomic mass is 10.1. The van der Waals surface area contributed by atoms with Crippen molar-refractivity contribution < 1.29 is 13.2 Å². The van der Waals surface area contributed by atoms with Crippen LogP contribution in [0.25, 0.3) is 0 Å². The first-order valence-electron chi connectivity index (χ1n) is 3.95. The molecule has 0 saturated heterocycles. The molecular formula is C7H11F3N4. The van der Waals surface area contributed by atoms with Gasteiger partial charge < -0.3 is 0 Å². The summed E-state index contributed by atoms with van der Waals surface area (Å²) in [6.45, 7) is 0. The Kier molecular flexibility index (Phi) is 3.12. The van der Waals surface area contributed by atoms with Crippen LogP contribution in [0.2, 0.25) is 0 Å². The molecule has 80 valence electrons. The average molecular weight is 208 g/mol. The Morgan fingerprint density at radius 3 is 2.64 bits per heavy atom. The van der Waals surface area contributed by atoms with Crippen LogP contribution in [0.3, 0.4) is 0 Å². The van der Waals surface area contributed by atoms with Gasteiger partial charge in [-0.05, 0) is 6.07 Å². The van der Waals surface area contributed by atoms with Crippen LogP contribution in [0, 0.1) is 0 Å². The number of aromatic nitrogens is 2. The molecule has 0 saturated carbocycles. The third-order valence-electron chi connectivity index (χ3n) is 1.85. The van der Waals surface area contributed by atoms with E-state index in [2.05, 4.69) is 10.5 Å². The fraction of sp³-hybridized carbons (Fsp3) is 0.571. The van der Waals surface area contributed by atoms with E-state index in [1.54, 1.807) is 7.05 Å². The van der Waals surface area contributed by atoms with E-state index in [0.717, 1.165) is 0 Å². The molecule has 1 atom stereocenters. The van der Waals surface area contributed by atoms with E-state index in [1.165, 1.54) is 16.9 Å². The second-order valence-corrected chi connectivity index (χ2v) is 2.92. The van der Waals surface area contributed by atoms with Gasteiger partial charge >= 0.3 is 6.18 Å². The highest BCUT2D eigenvalue weighted by Gasteiger charge is 2.33. The minimum absolute atomic E-state index is 0.407. The zero-order valence-corrected chi connectivity index (χ0v) is 7.54. The summed E-state index contributed by atoms with van der Waals surface area (Å²) < 4.78 is 37.6. The van der Waals surface area contributed by atoms with E-state index in [-0.39, 0.29) is 0 Å². The molecule has 14 heavy (non-hydrogen) atoms. The zero-order chi connectivity index (χ0) is 10.8. The number of alkyl halides is 3. The molecule has 3 N–H and O–H groups in total. The van der Waals surface area contributed by atoms with Gasteiger partial charge in [0.1, 0.15) is 0 Å². The van der Waals surface area contributed by atoms with Gasteiger partial charge in [-0.15, -0.1) is 0 Å². The summed E-state index contributed by atoms with van der Waals surface area (Å²) in [5.74, 6) is 5.05. The number of hydrazine groups is 1. The summed E-state index contributed by atoms with van der Waals surface area (Å²) >= 11 is 0. The number of nitrogens with one attached hydrogen (secondary N) is 1. The lowest BCUT2D eigenvalue weighted by Crippen LogP contribution is -2.33. The zero-order valence-electron chi connectivity index (χ0n) is 7.54. The Morgan fingerprint density at radius 2 is 2.29 bits per heavy atom. The van der Waals surface area contributed by atoms with E-state index in [0.29, 0.717) is 5.69 Å². The monoisotopic (exact) mass is 208 g/mol. The van der Waals surface area contributed by atoms with Crippen LogP contribution < -0.4 is 11.3 Å². The van der Waals surface area contributed by atoms with Crippen molar-refractivity contribution in [2.75, 3.05) is 0 Å². The lowest BCUT2D eigenvalue weighted by molar-refractivity contribution is -0.140. The van der Waals surface area contributed by atoms with Crippen LogP contribution in [-0.2, 0) is 7.05 Å². The molecule has 0 aromatic carbocycles. The molecule has 7 heteroatoms. The predicted octanol–water partition coefficient (Wildman–Crippen LogP) is 0.877. The Morgan fingerprint density at radius 1 is 1.64 bits per heavy atom. The Balaban J connectivity index is 2.78. The minimum atomic E-state index is -4.25. The first-order chi connectivity index (χ1) is 6.44. The lowest BCUT2D eigenvalue weighted by Gasteiger charge is -2.17. The van der Waals surface area contributed by atoms with Crippen LogP contribution in [0.5, 0.6) is 0 Å². The van der Waals surface area contributed by atoms with Crippen LogP contribution >= 0.6 is 0 Å². The molecule has 1 aromatic rings. The number of nitrogens with zero attached hydrogens (tertiary/aromatic N) is 2. The molecule has 0 aliphatic rings.